The van der Waals surface area contributed by atoms with Crippen molar-refractivity contribution < 1.29 is 9.90 Å². The van der Waals surface area contributed by atoms with Crippen LogP contribution in [0.4, 0.5) is 5.69 Å². The van der Waals surface area contributed by atoms with Gasteiger partial charge in [-0.25, -0.2) is 0 Å². The highest BCUT2D eigenvalue weighted by Crippen LogP contribution is 2.40. The number of hydrogen-bond donors (Lipinski definition) is 1. The smallest absolute Gasteiger partial charge is 0.308 e. The molecule has 6 rings (SSSR count). The predicted octanol–water partition coefficient (Wildman–Crippen LogP) is 5.43. The van der Waals surface area contributed by atoms with Crippen molar-refractivity contribution in [2.45, 2.75) is 46.7 Å². The van der Waals surface area contributed by atoms with Crippen LogP contribution in [0.1, 0.15) is 57.3 Å². The zero-order valence-corrected chi connectivity index (χ0v) is 22.2. The van der Waals surface area contributed by atoms with E-state index < -0.39 is 17.9 Å². The van der Waals surface area contributed by atoms with Crippen molar-refractivity contribution in [3.63, 3.8) is 0 Å². The third kappa shape index (κ3) is 3.87. The molecule has 7 nitrogen and oxygen atoms in total. The number of fused-ring (bicyclic) bond motifs is 4. The zero-order chi connectivity index (χ0) is 25.8. The molecule has 2 aromatic heterocycles. The molecule has 4 heterocycles. The normalized spacial score (nSPS) is 17.4. The van der Waals surface area contributed by atoms with E-state index >= 15 is 0 Å². The molecule has 37 heavy (non-hydrogen) atoms. The fourth-order valence-corrected chi connectivity index (χ4v) is 6.58. The molecule has 0 fully saturated rings. The van der Waals surface area contributed by atoms with Crippen LogP contribution in [0.15, 0.2) is 53.5 Å². The van der Waals surface area contributed by atoms with Gasteiger partial charge in [-0.2, -0.15) is 0 Å². The Morgan fingerprint density at radius 1 is 1.05 bits per heavy atom. The van der Waals surface area contributed by atoms with Crippen LogP contribution >= 0.6 is 11.3 Å². The van der Waals surface area contributed by atoms with E-state index in [0.29, 0.717) is 5.82 Å². The summed E-state index contributed by atoms with van der Waals surface area (Å²) in [5, 5.41) is 19.6. The van der Waals surface area contributed by atoms with E-state index in [1.807, 2.05) is 11.5 Å². The number of benzene rings is 2. The van der Waals surface area contributed by atoms with Gasteiger partial charge in [0.05, 0.1) is 11.6 Å². The number of carbonyl (C=O) groups is 1. The highest BCUT2D eigenvalue weighted by atomic mass is 32.1. The van der Waals surface area contributed by atoms with Gasteiger partial charge < -0.3 is 10.0 Å². The largest absolute Gasteiger partial charge is 0.481 e. The fraction of sp³-hybridized carbons (Fsp3) is 0.310. The number of thiophene rings is 1. The van der Waals surface area contributed by atoms with Crippen molar-refractivity contribution in [3.8, 4) is 5.00 Å². The SMILES string of the molecule is Cc1sc2c(c1C)C(c1ccc(N3CCc4ccccc4C3)cc1)=N[C@@H](C(C)C(=O)O)c1nnc(C)n1-2. The maximum Gasteiger partial charge on any atom is 0.308 e. The molecule has 4 aromatic rings. The summed E-state index contributed by atoms with van der Waals surface area (Å²) in [7, 11) is 0. The molecule has 0 amide bonds. The van der Waals surface area contributed by atoms with E-state index in [0.717, 1.165) is 52.7 Å². The van der Waals surface area contributed by atoms with Crippen molar-refractivity contribution in [1.82, 2.24) is 14.8 Å². The second-order valence-electron chi connectivity index (χ2n) is 9.94. The summed E-state index contributed by atoms with van der Waals surface area (Å²) in [4.78, 5) is 20.8. The average Bonchev–Trinajstić information content (AvgIpc) is 3.37. The number of nitrogens with zero attached hydrogens (tertiary/aromatic N) is 5. The van der Waals surface area contributed by atoms with Gasteiger partial charge in [0, 0.05) is 34.8 Å². The van der Waals surface area contributed by atoms with E-state index in [9.17, 15) is 9.90 Å². The van der Waals surface area contributed by atoms with Gasteiger partial charge in [0.15, 0.2) is 5.82 Å². The lowest BCUT2D eigenvalue weighted by Crippen LogP contribution is -2.30. The second kappa shape index (κ2) is 8.95. The molecule has 2 aliphatic heterocycles. The summed E-state index contributed by atoms with van der Waals surface area (Å²) in [5.41, 5.74) is 7.96. The van der Waals surface area contributed by atoms with Crippen LogP contribution in [0.5, 0.6) is 0 Å². The lowest BCUT2D eigenvalue weighted by atomic mass is 9.97. The molecule has 0 bridgehead atoms. The zero-order valence-electron chi connectivity index (χ0n) is 21.4. The number of aromatic nitrogens is 3. The van der Waals surface area contributed by atoms with Crippen LogP contribution < -0.4 is 4.90 Å². The maximum absolute atomic E-state index is 12.1. The molecule has 1 N–H and O–H groups in total. The molecule has 0 radical (unpaired) electrons. The van der Waals surface area contributed by atoms with Gasteiger partial charge in [0.1, 0.15) is 16.9 Å². The number of anilines is 1. The van der Waals surface area contributed by atoms with Crippen molar-refractivity contribution in [3.05, 3.63) is 92.9 Å². The van der Waals surface area contributed by atoms with Crippen molar-refractivity contribution in [1.29, 1.82) is 0 Å². The van der Waals surface area contributed by atoms with Gasteiger partial charge in [-0.15, -0.1) is 21.5 Å². The van der Waals surface area contributed by atoms with Gasteiger partial charge >= 0.3 is 5.97 Å². The van der Waals surface area contributed by atoms with Gasteiger partial charge in [0.2, 0.25) is 0 Å². The van der Waals surface area contributed by atoms with Gasteiger partial charge in [0.25, 0.3) is 0 Å². The van der Waals surface area contributed by atoms with Crippen LogP contribution in [-0.4, -0.2) is 38.1 Å². The Morgan fingerprint density at radius 3 is 2.51 bits per heavy atom. The van der Waals surface area contributed by atoms with Crippen LogP contribution in [0.25, 0.3) is 5.00 Å². The molecular weight excluding hydrogens is 482 g/mol. The quantitative estimate of drug-likeness (QED) is 0.395. The third-order valence-corrected chi connectivity index (χ3v) is 8.88. The van der Waals surface area contributed by atoms with Crippen LogP contribution in [0.2, 0.25) is 0 Å². The second-order valence-corrected chi connectivity index (χ2v) is 11.1. The Labute approximate surface area is 220 Å². The topological polar surface area (TPSA) is 83.6 Å². The summed E-state index contributed by atoms with van der Waals surface area (Å²) >= 11 is 1.68. The first kappa shape index (κ1) is 23.6. The molecule has 8 heteroatoms. The molecule has 2 aliphatic rings. The first-order chi connectivity index (χ1) is 17.8. The number of aliphatic imine (C=N–C) groups is 1. The monoisotopic (exact) mass is 511 g/mol. The van der Waals surface area contributed by atoms with E-state index in [4.69, 9.17) is 4.99 Å². The van der Waals surface area contributed by atoms with E-state index in [1.54, 1.807) is 18.3 Å². The minimum absolute atomic E-state index is 0.577. The summed E-state index contributed by atoms with van der Waals surface area (Å²) in [5.74, 6) is -0.342. The number of aliphatic carboxylic acids is 1. The number of aryl methyl sites for hydroxylation is 2. The molecule has 0 saturated heterocycles. The first-order valence-electron chi connectivity index (χ1n) is 12.6. The molecule has 188 valence electrons. The van der Waals surface area contributed by atoms with Crippen LogP contribution in [0.3, 0.4) is 0 Å². The Balaban J connectivity index is 1.44. The molecule has 0 spiro atoms. The van der Waals surface area contributed by atoms with Crippen LogP contribution in [-0.2, 0) is 17.8 Å². The lowest BCUT2D eigenvalue weighted by molar-refractivity contribution is -0.141. The molecule has 0 aliphatic carbocycles. The predicted molar refractivity (Wildman–Crippen MR) is 146 cm³/mol. The number of carboxylic acid groups (broad SMARTS) is 1. The standard InChI is InChI=1S/C29H29N5O2S/c1-16-18(3)37-28-24(16)26(30-25(17(2)29(35)36)27-32-31-19(4)34(27)28)21-9-11-23(12-10-21)33-14-13-20-7-5-6-8-22(20)15-33/h5-12,17,25H,13-15H2,1-4H3,(H,35,36)/t17?,25-/m0/s1. The van der Waals surface area contributed by atoms with Gasteiger partial charge in [-0.05, 0) is 62.9 Å². The molecule has 1 unspecified atom stereocenters. The summed E-state index contributed by atoms with van der Waals surface area (Å²) in [6, 6.07) is 16.6. The Kier molecular flexibility index (Phi) is 5.71. The minimum atomic E-state index is -0.904. The first-order valence-corrected chi connectivity index (χ1v) is 13.4. The maximum atomic E-state index is 12.1. The van der Waals surface area contributed by atoms with E-state index in [1.165, 1.54) is 21.7 Å². The van der Waals surface area contributed by atoms with Crippen molar-refractivity contribution >= 4 is 28.7 Å². The minimum Gasteiger partial charge on any atom is -0.481 e. The van der Waals surface area contributed by atoms with E-state index in [-0.39, 0.29) is 0 Å². The highest BCUT2D eigenvalue weighted by molar-refractivity contribution is 7.15. The summed E-state index contributed by atoms with van der Waals surface area (Å²) in [6.45, 7) is 9.70. The molecule has 2 aromatic carbocycles. The summed E-state index contributed by atoms with van der Waals surface area (Å²) < 4.78 is 2.00. The highest BCUT2D eigenvalue weighted by Gasteiger charge is 2.36. The van der Waals surface area contributed by atoms with Crippen LogP contribution in [0, 0.1) is 26.7 Å². The van der Waals surface area contributed by atoms with Gasteiger partial charge in [-0.1, -0.05) is 36.4 Å². The third-order valence-electron chi connectivity index (χ3n) is 7.69. The fourth-order valence-electron chi connectivity index (χ4n) is 5.36. The Morgan fingerprint density at radius 2 is 1.78 bits per heavy atom. The van der Waals surface area contributed by atoms with E-state index in [2.05, 4.69) is 77.5 Å². The summed E-state index contributed by atoms with van der Waals surface area (Å²) in [6.07, 6.45) is 1.04. The molecular formula is C29H29N5O2S. The van der Waals surface area contributed by atoms with Crippen molar-refractivity contribution in [2.75, 3.05) is 11.4 Å². The van der Waals surface area contributed by atoms with Gasteiger partial charge in [-0.3, -0.25) is 14.4 Å². The lowest BCUT2D eigenvalue weighted by Gasteiger charge is -2.31. The Hall–Kier alpha value is -3.78. The van der Waals surface area contributed by atoms with Crippen molar-refractivity contribution in [2.24, 2.45) is 10.9 Å². The Bertz CT molecular complexity index is 1550. The number of carboxylic acids is 1. The molecule has 0 saturated carbocycles. The molecule has 2 atom stereocenters. The average molecular weight is 512 g/mol. The number of rotatable bonds is 4. The number of hydrogen-bond acceptors (Lipinski definition) is 6.